The van der Waals surface area contributed by atoms with Crippen molar-refractivity contribution in [1.29, 1.82) is 0 Å². The Morgan fingerprint density at radius 2 is 1.73 bits per heavy atom. The van der Waals surface area contributed by atoms with Crippen LogP contribution in [0, 0.1) is 25.2 Å². The van der Waals surface area contributed by atoms with Crippen molar-refractivity contribution in [1.82, 2.24) is 5.32 Å². The van der Waals surface area contributed by atoms with Gasteiger partial charge in [-0.1, -0.05) is 32.9 Å². The standard InChI is InChI=1S/C19H30N2S/c1-13-6-7-14(2)17(12-13)21-18(22)20-16-10-8-15(9-11-16)19(3,4)5/h6-7,12,15-16H,8-11H2,1-5H3,(H2,20,21,22). The monoisotopic (exact) mass is 318 g/mol. The first-order chi connectivity index (χ1) is 10.3. The lowest BCUT2D eigenvalue weighted by atomic mass is 9.71. The first-order valence-corrected chi connectivity index (χ1v) is 8.81. The summed E-state index contributed by atoms with van der Waals surface area (Å²) in [5, 5.41) is 7.62. The molecule has 0 bridgehead atoms. The van der Waals surface area contributed by atoms with Gasteiger partial charge in [-0.25, -0.2) is 0 Å². The number of rotatable bonds is 2. The third-order valence-electron chi connectivity index (χ3n) is 4.93. The maximum Gasteiger partial charge on any atom is 0.171 e. The molecule has 2 nitrogen and oxygen atoms in total. The quantitative estimate of drug-likeness (QED) is 0.733. The lowest BCUT2D eigenvalue weighted by Gasteiger charge is -2.37. The van der Waals surface area contributed by atoms with Gasteiger partial charge in [0, 0.05) is 11.7 Å². The normalized spacial score (nSPS) is 22.2. The molecule has 0 unspecified atom stereocenters. The Balaban J connectivity index is 1.85. The Hall–Kier alpha value is -1.09. The van der Waals surface area contributed by atoms with Crippen molar-refractivity contribution in [2.75, 3.05) is 5.32 Å². The van der Waals surface area contributed by atoms with Crippen molar-refractivity contribution in [3.05, 3.63) is 29.3 Å². The fourth-order valence-electron chi connectivity index (χ4n) is 3.32. The molecule has 1 fully saturated rings. The van der Waals surface area contributed by atoms with Crippen LogP contribution in [0.1, 0.15) is 57.6 Å². The van der Waals surface area contributed by atoms with Crippen molar-refractivity contribution in [2.45, 2.75) is 66.3 Å². The molecule has 0 heterocycles. The van der Waals surface area contributed by atoms with E-state index in [9.17, 15) is 0 Å². The van der Waals surface area contributed by atoms with Gasteiger partial charge in [-0.3, -0.25) is 0 Å². The average molecular weight is 319 g/mol. The van der Waals surface area contributed by atoms with E-state index in [0.717, 1.165) is 16.7 Å². The second kappa shape index (κ2) is 6.99. The van der Waals surface area contributed by atoms with E-state index in [0.29, 0.717) is 11.5 Å². The van der Waals surface area contributed by atoms with Crippen LogP contribution in [0.15, 0.2) is 18.2 Å². The summed E-state index contributed by atoms with van der Waals surface area (Å²) in [6, 6.07) is 6.93. The Morgan fingerprint density at radius 3 is 2.32 bits per heavy atom. The fourth-order valence-corrected chi connectivity index (χ4v) is 3.59. The molecular formula is C19H30N2S. The number of aryl methyl sites for hydroxylation is 2. The van der Waals surface area contributed by atoms with Gasteiger partial charge >= 0.3 is 0 Å². The van der Waals surface area contributed by atoms with E-state index in [1.807, 2.05) is 0 Å². The Kier molecular flexibility index (Phi) is 5.49. The fraction of sp³-hybridized carbons (Fsp3) is 0.632. The highest BCUT2D eigenvalue weighted by Gasteiger charge is 2.29. The van der Waals surface area contributed by atoms with Gasteiger partial charge in [0.25, 0.3) is 0 Å². The van der Waals surface area contributed by atoms with Gasteiger partial charge in [-0.05, 0) is 80.3 Å². The summed E-state index contributed by atoms with van der Waals surface area (Å²) in [6.07, 6.45) is 5.04. The van der Waals surface area contributed by atoms with Crippen LogP contribution in [0.2, 0.25) is 0 Å². The second-order valence-corrected chi connectivity index (χ2v) is 8.24. The zero-order valence-electron chi connectivity index (χ0n) is 14.6. The predicted molar refractivity (Wildman–Crippen MR) is 100 cm³/mol. The molecule has 1 saturated carbocycles. The number of anilines is 1. The van der Waals surface area contributed by atoms with Crippen LogP contribution < -0.4 is 10.6 Å². The highest BCUT2D eigenvalue weighted by atomic mass is 32.1. The number of thiocarbonyl (C=S) groups is 1. The smallest absolute Gasteiger partial charge is 0.171 e. The molecule has 0 aliphatic heterocycles. The van der Waals surface area contributed by atoms with E-state index in [2.05, 4.69) is 63.5 Å². The van der Waals surface area contributed by atoms with E-state index < -0.39 is 0 Å². The van der Waals surface area contributed by atoms with E-state index in [1.165, 1.54) is 36.8 Å². The minimum atomic E-state index is 0.433. The molecule has 1 aromatic carbocycles. The Morgan fingerprint density at radius 1 is 1.09 bits per heavy atom. The third kappa shape index (κ3) is 4.70. The molecule has 0 amide bonds. The molecule has 2 rings (SSSR count). The van der Waals surface area contributed by atoms with Gasteiger partial charge in [0.05, 0.1) is 0 Å². The summed E-state index contributed by atoms with van der Waals surface area (Å²) >= 11 is 5.50. The lowest BCUT2D eigenvalue weighted by molar-refractivity contribution is 0.166. The molecule has 0 radical (unpaired) electrons. The highest BCUT2D eigenvalue weighted by Crippen LogP contribution is 2.37. The van der Waals surface area contributed by atoms with Crippen LogP contribution >= 0.6 is 12.2 Å². The van der Waals surface area contributed by atoms with Gasteiger partial charge in [-0.15, -0.1) is 0 Å². The molecule has 0 saturated heterocycles. The van der Waals surface area contributed by atoms with Crippen LogP contribution in [0.5, 0.6) is 0 Å². The largest absolute Gasteiger partial charge is 0.360 e. The van der Waals surface area contributed by atoms with Crippen molar-refractivity contribution < 1.29 is 0 Å². The molecule has 2 N–H and O–H groups in total. The third-order valence-corrected chi connectivity index (χ3v) is 5.15. The summed E-state index contributed by atoms with van der Waals surface area (Å²) in [7, 11) is 0. The number of hydrogen-bond acceptors (Lipinski definition) is 1. The predicted octanol–water partition coefficient (Wildman–Crippen LogP) is 5.19. The Labute approximate surface area is 141 Å². The zero-order chi connectivity index (χ0) is 16.3. The van der Waals surface area contributed by atoms with Gasteiger partial charge < -0.3 is 10.6 Å². The van der Waals surface area contributed by atoms with E-state index in [1.54, 1.807) is 0 Å². The lowest BCUT2D eigenvalue weighted by Crippen LogP contribution is -2.41. The average Bonchev–Trinajstić information content (AvgIpc) is 2.42. The van der Waals surface area contributed by atoms with Crippen LogP contribution in [-0.4, -0.2) is 11.2 Å². The molecule has 0 atom stereocenters. The molecule has 3 heteroatoms. The molecular weight excluding hydrogens is 288 g/mol. The zero-order valence-corrected chi connectivity index (χ0v) is 15.4. The number of nitrogens with one attached hydrogen (secondary N) is 2. The van der Waals surface area contributed by atoms with Crippen molar-refractivity contribution in [3.63, 3.8) is 0 Å². The molecule has 0 aromatic heterocycles. The minimum Gasteiger partial charge on any atom is -0.360 e. The van der Waals surface area contributed by atoms with Gasteiger partial charge in [-0.2, -0.15) is 0 Å². The summed E-state index contributed by atoms with van der Waals surface area (Å²) < 4.78 is 0. The molecule has 1 aliphatic carbocycles. The van der Waals surface area contributed by atoms with Gasteiger partial charge in [0.1, 0.15) is 0 Å². The topological polar surface area (TPSA) is 24.1 Å². The summed E-state index contributed by atoms with van der Waals surface area (Å²) in [5.74, 6) is 0.839. The van der Waals surface area contributed by atoms with Crippen molar-refractivity contribution >= 4 is 23.0 Å². The molecule has 1 aliphatic rings. The maximum atomic E-state index is 5.50. The van der Waals surface area contributed by atoms with Gasteiger partial charge in [0.15, 0.2) is 5.11 Å². The summed E-state index contributed by atoms with van der Waals surface area (Å²) in [5.41, 5.74) is 4.02. The number of benzene rings is 1. The first-order valence-electron chi connectivity index (χ1n) is 8.40. The van der Waals surface area contributed by atoms with E-state index >= 15 is 0 Å². The molecule has 22 heavy (non-hydrogen) atoms. The summed E-state index contributed by atoms with van der Waals surface area (Å²) in [6.45, 7) is 11.3. The summed E-state index contributed by atoms with van der Waals surface area (Å²) in [4.78, 5) is 0. The van der Waals surface area contributed by atoms with Crippen molar-refractivity contribution in [2.24, 2.45) is 11.3 Å². The van der Waals surface area contributed by atoms with Crippen molar-refractivity contribution in [3.8, 4) is 0 Å². The van der Waals surface area contributed by atoms with Crippen LogP contribution in [-0.2, 0) is 0 Å². The minimum absolute atomic E-state index is 0.433. The number of hydrogen-bond donors (Lipinski definition) is 2. The SMILES string of the molecule is Cc1ccc(C)c(NC(=S)NC2CCC(C(C)(C)C)CC2)c1. The van der Waals surface area contributed by atoms with E-state index in [4.69, 9.17) is 12.2 Å². The maximum absolute atomic E-state index is 5.50. The van der Waals surface area contributed by atoms with Crippen LogP contribution in [0.3, 0.4) is 0 Å². The molecule has 122 valence electrons. The Bertz CT molecular complexity index is 523. The van der Waals surface area contributed by atoms with E-state index in [-0.39, 0.29) is 0 Å². The molecule has 0 spiro atoms. The first kappa shape index (κ1) is 17.3. The van der Waals surface area contributed by atoms with Crippen LogP contribution in [0.25, 0.3) is 0 Å². The van der Waals surface area contributed by atoms with Crippen LogP contribution in [0.4, 0.5) is 5.69 Å². The molecule has 1 aromatic rings. The van der Waals surface area contributed by atoms with Gasteiger partial charge in [0.2, 0.25) is 0 Å². The second-order valence-electron chi connectivity index (χ2n) is 7.83. The highest BCUT2D eigenvalue weighted by molar-refractivity contribution is 7.80.